The summed E-state index contributed by atoms with van der Waals surface area (Å²) in [4.78, 5) is 18.4. The van der Waals surface area contributed by atoms with Gasteiger partial charge in [0, 0.05) is 41.9 Å². The molecule has 1 fully saturated rings. The number of carbonyl (C=O) groups is 1. The smallest absolute Gasteiger partial charge is 0.253 e. The molecule has 0 bridgehead atoms. The molecule has 0 spiro atoms. The Kier molecular flexibility index (Phi) is 4.39. The largest absolute Gasteiger partial charge is 0.337 e. The van der Waals surface area contributed by atoms with Gasteiger partial charge in [-0.1, -0.05) is 12.1 Å². The fourth-order valence-corrected chi connectivity index (χ4v) is 4.36. The summed E-state index contributed by atoms with van der Waals surface area (Å²) >= 11 is 0. The van der Waals surface area contributed by atoms with Gasteiger partial charge in [-0.15, -0.1) is 0 Å². The molecule has 0 saturated carbocycles. The van der Waals surface area contributed by atoms with Crippen LogP contribution in [-0.2, 0) is 9.84 Å². The molecule has 0 radical (unpaired) electrons. The third kappa shape index (κ3) is 3.68. The summed E-state index contributed by atoms with van der Waals surface area (Å²) in [5.41, 5.74) is 2.88. The van der Waals surface area contributed by atoms with E-state index in [9.17, 15) is 17.6 Å². The van der Waals surface area contributed by atoms with Crippen LogP contribution < -0.4 is 0 Å². The van der Waals surface area contributed by atoms with Gasteiger partial charge < -0.3 is 4.90 Å². The summed E-state index contributed by atoms with van der Waals surface area (Å²) in [6.07, 6.45) is 1.67. The number of carbonyl (C=O) groups excluding carboxylic acids is 1. The minimum absolute atomic E-state index is 0.0141. The Morgan fingerprint density at radius 2 is 1.67 bits per heavy atom. The minimum Gasteiger partial charge on any atom is -0.337 e. The van der Waals surface area contributed by atoms with Crippen LogP contribution in [0.2, 0.25) is 0 Å². The second kappa shape index (κ2) is 6.74. The van der Waals surface area contributed by atoms with Gasteiger partial charge >= 0.3 is 0 Å². The van der Waals surface area contributed by atoms with Crippen LogP contribution in [0.1, 0.15) is 10.4 Å². The maximum Gasteiger partial charge on any atom is 0.253 e. The van der Waals surface area contributed by atoms with Gasteiger partial charge in [-0.2, -0.15) is 0 Å². The Labute approximate surface area is 156 Å². The molecular formula is C20H17FN2O3S. The Bertz CT molecular complexity index is 1110. The average molecular weight is 384 g/mol. The summed E-state index contributed by atoms with van der Waals surface area (Å²) in [7, 11) is -3.02. The van der Waals surface area contributed by atoms with Crippen LogP contribution in [-0.4, -0.2) is 48.8 Å². The van der Waals surface area contributed by atoms with E-state index in [1.54, 1.807) is 29.3 Å². The lowest BCUT2D eigenvalue weighted by Gasteiger charge is -2.26. The van der Waals surface area contributed by atoms with E-state index in [0.717, 1.165) is 16.5 Å². The first-order valence-electron chi connectivity index (χ1n) is 8.57. The molecule has 0 unspecified atom stereocenters. The van der Waals surface area contributed by atoms with E-state index in [1.165, 1.54) is 12.1 Å². The molecule has 138 valence electrons. The maximum atomic E-state index is 13.3. The molecule has 1 aliphatic rings. The third-order valence-corrected chi connectivity index (χ3v) is 6.35. The van der Waals surface area contributed by atoms with Crippen molar-refractivity contribution in [3.63, 3.8) is 0 Å². The van der Waals surface area contributed by atoms with Crippen LogP contribution in [0.5, 0.6) is 0 Å². The minimum atomic E-state index is -3.02. The molecule has 2 heterocycles. The van der Waals surface area contributed by atoms with Crippen LogP contribution in [0.15, 0.2) is 54.7 Å². The quantitative estimate of drug-likeness (QED) is 0.681. The van der Waals surface area contributed by atoms with Crippen molar-refractivity contribution in [1.82, 2.24) is 9.88 Å². The van der Waals surface area contributed by atoms with Crippen molar-refractivity contribution in [2.45, 2.75) is 0 Å². The second-order valence-electron chi connectivity index (χ2n) is 6.58. The lowest BCUT2D eigenvalue weighted by Crippen LogP contribution is -2.43. The van der Waals surface area contributed by atoms with Gasteiger partial charge in [0.15, 0.2) is 9.84 Å². The van der Waals surface area contributed by atoms with E-state index >= 15 is 0 Å². The fraction of sp³-hybridized carbons (Fsp3) is 0.200. The highest BCUT2D eigenvalue weighted by atomic mass is 32.2. The molecule has 0 N–H and O–H groups in total. The Morgan fingerprint density at radius 1 is 0.963 bits per heavy atom. The predicted molar refractivity (Wildman–Crippen MR) is 102 cm³/mol. The van der Waals surface area contributed by atoms with E-state index in [0.29, 0.717) is 11.1 Å². The first-order chi connectivity index (χ1) is 12.9. The summed E-state index contributed by atoms with van der Waals surface area (Å²) in [5, 5.41) is 0.837. The molecule has 1 saturated heterocycles. The SMILES string of the molecule is O=C(c1ccc(-c2cnc3cc(F)ccc3c2)cc1)N1CCS(=O)(=O)CC1. The van der Waals surface area contributed by atoms with E-state index < -0.39 is 9.84 Å². The standard InChI is InChI=1S/C20H17FN2O3S/c21-18-6-5-16-11-17(13-22-19(16)12-18)14-1-3-15(4-2-14)20(24)23-7-9-27(25,26)10-8-23/h1-6,11-13H,7-10H2. The number of amides is 1. The molecule has 7 heteroatoms. The number of hydrogen-bond acceptors (Lipinski definition) is 4. The van der Waals surface area contributed by atoms with Gasteiger partial charge in [0.25, 0.3) is 5.91 Å². The van der Waals surface area contributed by atoms with Crippen LogP contribution in [0.3, 0.4) is 0 Å². The average Bonchev–Trinajstić information content (AvgIpc) is 2.67. The third-order valence-electron chi connectivity index (χ3n) is 4.74. The molecule has 3 aromatic rings. The molecule has 2 aromatic carbocycles. The molecular weight excluding hydrogens is 367 g/mol. The number of pyridine rings is 1. The highest BCUT2D eigenvalue weighted by Gasteiger charge is 2.25. The lowest BCUT2D eigenvalue weighted by molar-refractivity contribution is 0.0770. The number of rotatable bonds is 2. The summed E-state index contributed by atoms with van der Waals surface area (Å²) in [6.45, 7) is 0.460. The highest BCUT2D eigenvalue weighted by molar-refractivity contribution is 7.91. The fourth-order valence-electron chi connectivity index (χ4n) is 3.16. The maximum absolute atomic E-state index is 13.3. The number of fused-ring (bicyclic) bond motifs is 1. The van der Waals surface area contributed by atoms with Crippen molar-refractivity contribution < 1.29 is 17.6 Å². The van der Waals surface area contributed by atoms with Crippen molar-refractivity contribution in [2.75, 3.05) is 24.6 Å². The van der Waals surface area contributed by atoms with Gasteiger partial charge in [-0.05, 0) is 35.9 Å². The van der Waals surface area contributed by atoms with Crippen molar-refractivity contribution in [3.05, 3.63) is 66.1 Å². The number of benzene rings is 2. The number of nitrogens with zero attached hydrogens (tertiary/aromatic N) is 2. The first kappa shape index (κ1) is 17.6. The van der Waals surface area contributed by atoms with Gasteiger partial charge in [0.2, 0.25) is 0 Å². The molecule has 0 atom stereocenters. The van der Waals surface area contributed by atoms with E-state index in [4.69, 9.17) is 0 Å². The van der Waals surface area contributed by atoms with E-state index in [-0.39, 0.29) is 36.3 Å². The molecule has 1 aliphatic heterocycles. The molecule has 5 nitrogen and oxygen atoms in total. The number of sulfone groups is 1. The van der Waals surface area contributed by atoms with Gasteiger partial charge in [0.05, 0.1) is 17.0 Å². The van der Waals surface area contributed by atoms with Gasteiger partial charge in [0.1, 0.15) is 5.82 Å². The number of aromatic nitrogens is 1. The predicted octanol–water partition coefficient (Wildman–Crippen LogP) is 2.91. The lowest BCUT2D eigenvalue weighted by atomic mass is 10.0. The van der Waals surface area contributed by atoms with Gasteiger partial charge in [-0.25, -0.2) is 12.8 Å². The van der Waals surface area contributed by atoms with Crippen LogP contribution in [0.25, 0.3) is 22.0 Å². The van der Waals surface area contributed by atoms with Crippen molar-refractivity contribution in [3.8, 4) is 11.1 Å². The molecule has 1 amide bonds. The van der Waals surface area contributed by atoms with Crippen LogP contribution >= 0.6 is 0 Å². The zero-order valence-corrected chi connectivity index (χ0v) is 15.2. The van der Waals surface area contributed by atoms with Crippen molar-refractivity contribution in [2.24, 2.45) is 0 Å². The molecule has 4 rings (SSSR count). The zero-order valence-electron chi connectivity index (χ0n) is 14.4. The van der Waals surface area contributed by atoms with Gasteiger partial charge in [-0.3, -0.25) is 9.78 Å². The summed E-state index contributed by atoms with van der Waals surface area (Å²) in [6, 6.07) is 13.5. The Morgan fingerprint density at radius 3 is 2.37 bits per heavy atom. The Hall–Kier alpha value is -2.80. The molecule has 0 aliphatic carbocycles. The normalized spacial score (nSPS) is 16.4. The second-order valence-corrected chi connectivity index (χ2v) is 8.89. The number of hydrogen-bond donors (Lipinski definition) is 0. The summed E-state index contributed by atoms with van der Waals surface area (Å²) < 4.78 is 36.3. The van der Waals surface area contributed by atoms with Crippen LogP contribution in [0, 0.1) is 5.82 Å². The van der Waals surface area contributed by atoms with E-state index in [2.05, 4.69) is 4.98 Å². The highest BCUT2D eigenvalue weighted by Crippen LogP contribution is 2.24. The zero-order chi connectivity index (χ0) is 19.0. The molecule has 1 aromatic heterocycles. The van der Waals surface area contributed by atoms with Crippen molar-refractivity contribution >= 4 is 26.6 Å². The number of halogens is 1. The Balaban J connectivity index is 1.55. The molecule has 27 heavy (non-hydrogen) atoms. The summed E-state index contributed by atoms with van der Waals surface area (Å²) in [5.74, 6) is -0.458. The topological polar surface area (TPSA) is 67.3 Å². The van der Waals surface area contributed by atoms with E-state index in [1.807, 2.05) is 18.2 Å². The first-order valence-corrected chi connectivity index (χ1v) is 10.4. The van der Waals surface area contributed by atoms with Crippen molar-refractivity contribution in [1.29, 1.82) is 0 Å². The van der Waals surface area contributed by atoms with Crippen LogP contribution in [0.4, 0.5) is 4.39 Å². The monoisotopic (exact) mass is 384 g/mol.